The number of rotatable bonds is 6. The predicted molar refractivity (Wildman–Crippen MR) is 136 cm³/mol. The van der Waals surface area contributed by atoms with Gasteiger partial charge in [-0.2, -0.15) is 17.5 Å². The highest BCUT2D eigenvalue weighted by atomic mass is 32.2. The average Bonchev–Trinajstić information content (AvgIpc) is 3.40. The highest BCUT2D eigenvalue weighted by molar-refractivity contribution is 7.91. The van der Waals surface area contributed by atoms with Gasteiger partial charge in [-0.3, -0.25) is 9.69 Å². The topological polar surface area (TPSA) is 90.4 Å². The number of ether oxygens (including phenoxy) is 1. The molecule has 0 amide bonds. The number of alkyl halides is 3. The molecule has 1 N–H and O–H groups in total. The largest absolute Gasteiger partial charge is 0.421 e. The monoisotopic (exact) mass is 573 g/mol. The molecule has 1 aromatic carbocycles. The Balaban J connectivity index is 1.43. The Morgan fingerprint density at radius 1 is 1.08 bits per heavy atom. The summed E-state index contributed by atoms with van der Waals surface area (Å²) >= 11 is 1.15. The van der Waals surface area contributed by atoms with Gasteiger partial charge in [0.2, 0.25) is 0 Å². The minimum absolute atomic E-state index is 0.0922. The number of carbonyl (C=O) groups is 1. The summed E-state index contributed by atoms with van der Waals surface area (Å²) in [5.74, 6) is 0.189. The molecule has 3 saturated heterocycles. The first-order valence-corrected chi connectivity index (χ1v) is 14.7. The quantitative estimate of drug-likeness (QED) is 0.569. The summed E-state index contributed by atoms with van der Waals surface area (Å²) in [6, 6.07) is 8.36. The van der Waals surface area contributed by atoms with Crippen LogP contribution in [0.5, 0.6) is 0 Å². The van der Waals surface area contributed by atoms with Crippen molar-refractivity contribution in [3.05, 3.63) is 47.3 Å². The zero-order valence-electron chi connectivity index (χ0n) is 20.8. The van der Waals surface area contributed by atoms with E-state index >= 15 is 0 Å². The number of aliphatic hydroxyl groups is 1. The number of piperazine rings is 1. The minimum atomic E-state index is -4.83. The van der Waals surface area contributed by atoms with Crippen LogP contribution < -0.4 is 4.90 Å². The van der Waals surface area contributed by atoms with Crippen LogP contribution in [0.25, 0.3) is 0 Å². The van der Waals surface area contributed by atoms with Gasteiger partial charge in [0.25, 0.3) is 10.0 Å². The van der Waals surface area contributed by atoms with Gasteiger partial charge in [0.15, 0.2) is 5.60 Å². The van der Waals surface area contributed by atoms with Gasteiger partial charge >= 0.3 is 6.18 Å². The Morgan fingerprint density at radius 2 is 1.74 bits per heavy atom. The number of anilines is 1. The Bertz CT molecular complexity index is 1240. The Morgan fingerprint density at radius 3 is 2.32 bits per heavy atom. The van der Waals surface area contributed by atoms with Crippen LogP contribution in [-0.2, 0) is 25.2 Å². The molecule has 8 nitrogen and oxygen atoms in total. The van der Waals surface area contributed by atoms with Gasteiger partial charge in [0.1, 0.15) is 9.99 Å². The zero-order chi connectivity index (χ0) is 27.3. The number of piperidine rings is 1. The van der Waals surface area contributed by atoms with E-state index in [9.17, 15) is 31.5 Å². The smallest absolute Gasteiger partial charge is 0.378 e. The van der Waals surface area contributed by atoms with Crippen LogP contribution in [0.2, 0.25) is 0 Å². The van der Waals surface area contributed by atoms with Gasteiger partial charge in [0, 0.05) is 56.8 Å². The SMILES string of the molecule is CC(O)(c1ccc(N2CCN(S(=O)(=O)c3cccs3)C[C@@H]2CN2C3COC[C@@H]2CC(=O)C3)cc1)C(F)(F)F. The summed E-state index contributed by atoms with van der Waals surface area (Å²) in [4.78, 5) is 16.5. The summed E-state index contributed by atoms with van der Waals surface area (Å²) in [7, 11) is -3.70. The number of carbonyl (C=O) groups excluding carboxylic acids is 1. The number of morpholine rings is 1. The summed E-state index contributed by atoms with van der Waals surface area (Å²) < 4.78 is 74.1. The lowest BCUT2D eigenvalue weighted by Crippen LogP contribution is -2.64. The van der Waals surface area contributed by atoms with Crippen LogP contribution in [-0.4, -0.2) is 92.2 Å². The maximum atomic E-state index is 13.3. The fraction of sp³-hybridized carbons (Fsp3) is 0.560. The van der Waals surface area contributed by atoms with Gasteiger partial charge < -0.3 is 14.7 Å². The van der Waals surface area contributed by atoms with E-state index in [2.05, 4.69) is 4.90 Å². The molecule has 0 saturated carbocycles. The summed E-state index contributed by atoms with van der Waals surface area (Å²) in [5, 5.41) is 11.8. The number of Topliss-reactive ketones (excluding diaryl/α,β-unsaturated/α-hetero) is 1. The normalized spacial score (nSPS) is 27.3. The van der Waals surface area contributed by atoms with Crippen molar-refractivity contribution in [2.24, 2.45) is 0 Å². The fourth-order valence-corrected chi connectivity index (χ4v) is 8.17. The molecule has 3 aliphatic rings. The van der Waals surface area contributed by atoms with Gasteiger partial charge in [-0.15, -0.1) is 11.3 Å². The third-order valence-electron chi connectivity index (χ3n) is 7.75. The number of nitrogens with zero attached hydrogens (tertiary/aromatic N) is 3. The first-order valence-electron chi connectivity index (χ1n) is 12.4. The van der Waals surface area contributed by atoms with Crippen LogP contribution in [0.15, 0.2) is 46.0 Å². The van der Waals surface area contributed by atoms with Gasteiger partial charge in [-0.25, -0.2) is 8.42 Å². The van der Waals surface area contributed by atoms with Crippen molar-refractivity contribution in [3.63, 3.8) is 0 Å². The second-order valence-corrected chi connectivity index (χ2v) is 13.4. The van der Waals surface area contributed by atoms with Crippen LogP contribution in [0, 0.1) is 0 Å². The third-order valence-corrected chi connectivity index (χ3v) is 11.0. The number of benzene rings is 1. The van der Waals surface area contributed by atoms with Crippen molar-refractivity contribution in [1.29, 1.82) is 0 Å². The summed E-state index contributed by atoms with van der Waals surface area (Å²) in [6.07, 6.45) is -4.08. The van der Waals surface area contributed by atoms with Gasteiger partial charge in [0.05, 0.1) is 19.3 Å². The molecule has 4 heterocycles. The van der Waals surface area contributed by atoms with E-state index in [4.69, 9.17) is 4.74 Å². The lowest BCUT2D eigenvalue weighted by atomic mass is 9.92. The highest BCUT2D eigenvalue weighted by Gasteiger charge is 2.51. The van der Waals surface area contributed by atoms with Crippen molar-refractivity contribution >= 4 is 32.8 Å². The number of sulfonamides is 1. The van der Waals surface area contributed by atoms with E-state index in [-0.39, 0.29) is 46.8 Å². The minimum Gasteiger partial charge on any atom is -0.378 e. The molecule has 3 fully saturated rings. The Labute approximate surface area is 223 Å². The van der Waals surface area contributed by atoms with Crippen LogP contribution in [0.3, 0.4) is 0 Å². The first-order chi connectivity index (χ1) is 17.9. The third kappa shape index (κ3) is 5.11. The number of fused-ring (bicyclic) bond motifs is 2. The number of halogens is 3. The number of hydrogen-bond donors (Lipinski definition) is 1. The van der Waals surface area contributed by atoms with Gasteiger partial charge in [-0.05, 0) is 36.1 Å². The van der Waals surface area contributed by atoms with E-state index < -0.39 is 21.8 Å². The second-order valence-electron chi connectivity index (χ2n) is 10.2. The van der Waals surface area contributed by atoms with Crippen molar-refractivity contribution in [1.82, 2.24) is 9.21 Å². The molecule has 3 aliphatic heterocycles. The molecule has 2 aromatic rings. The zero-order valence-corrected chi connectivity index (χ0v) is 22.4. The van der Waals surface area contributed by atoms with E-state index in [1.165, 1.54) is 28.6 Å². The van der Waals surface area contributed by atoms with Crippen LogP contribution >= 0.6 is 11.3 Å². The number of hydrogen-bond acceptors (Lipinski definition) is 8. The Kier molecular flexibility index (Phi) is 7.37. The number of ketones is 1. The van der Waals surface area contributed by atoms with E-state index in [0.717, 1.165) is 18.3 Å². The molecular formula is C25H30F3N3O5S2. The lowest BCUT2D eigenvalue weighted by Gasteiger charge is -2.50. The molecule has 0 spiro atoms. The molecule has 208 valence electrons. The molecule has 1 aromatic heterocycles. The standard InChI is InChI=1S/C25H30F3N3O5S2/c1-24(33,25(26,27)28)17-4-6-18(7-5-17)30-9-8-29(38(34,35)23-3-2-10-37-23)13-21(30)14-31-19-11-22(32)12-20(31)16-36-15-19/h2-7,10,19-21,33H,8-9,11-16H2,1H3/t19-,20?,21+,24?/m0/s1. The Hall–Kier alpha value is -2.03. The van der Waals surface area contributed by atoms with E-state index in [1.807, 2.05) is 4.90 Å². The van der Waals surface area contributed by atoms with Crippen LogP contribution in [0.1, 0.15) is 25.3 Å². The number of thiophene rings is 1. The van der Waals surface area contributed by atoms with E-state index in [0.29, 0.717) is 44.8 Å². The molecule has 2 unspecified atom stereocenters. The molecule has 2 bridgehead atoms. The fourth-order valence-electron chi connectivity index (χ4n) is 5.55. The van der Waals surface area contributed by atoms with Crippen molar-refractivity contribution in [3.8, 4) is 0 Å². The molecule has 13 heteroatoms. The summed E-state index contributed by atoms with van der Waals surface area (Å²) in [5.41, 5.74) is -2.62. The molecular weight excluding hydrogens is 543 g/mol. The molecule has 0 radical (unpaired) electrons. The maximum absolute atomic E-state index is 13.3. The summed E-state index contributed by atoms with van der Waals surface area (Å²) in [6.45, 7) is 2.78. The van der Waals surface area contributed by atoms with Crippen LogP contribution in [0.4, 0.5) is 18.9 Å². The van der Waals surface area contributed by atoms with Crippen molar-refractivity contribution in [2.45, 2.75) is 53.9 Å². The average molecular weight is 574 g/mol. The van der Waals surface area contributed by atoms with E-state index in [1.54, 1.807) is 17.5 Å². The highest BCUT2D eigenvalue weighted by Crippen LogP contribution is 2.39. The molecule has 5 rings (SSSR count). The first kappa shape index (κ1) is 27.5. The lowest BCUT2D eigenvalue weighted by molar-refractivity contribution is -0.258. The predicted octanol–water partition coefficient (Wildman–Crippen LogP) is 2.83. The molecule has 38 heavy (non-hydrogen) atoms. The van der Waals surface area contributed by atoms with Gasteiger partial charge in [-0.1, -0.05) is 18.2 Å². The van der Waals surface area contributed by atoms with Crippen molar-refractivity contribution < 1.29 is 36.2 Å². The van der Waals surface area contributed by atoms with Crippen molar-refractivity contribution in [2.75, 3.05) is 44.3 Å². The maximum Gasteiger partial charge on any atom is 0.421 e. The second kappa shape index (κ2) is 10.2. The molecule has 4 atom stereocenters. The molecule has 0 aliphatic carbocycles.